The predicted octanol–water partition coefficient (Wildman–Crippen LogP) is 3.67. The molecule has 0 atom stereocenters. The third-order valence-corrected chi connectivity index (χ3v) is 2.30. The molecular weight excluding hydrogens is 230 g/mol. The van der Waals surface area contributed by atoms with E-state index in [0.29, 0.717) is 17.9 Å². The second kappa shape index (κ2) is 6.59. The van der Waals surface area contributed by atoms with E-state index in [2.05, 4.69) is 0 Å². The molecular formula is C14H17NO3. The minimum absolute atomic E-state index is 0.0910. The lowest BCUT2D eigenvalue weighted by Crippen LogP contribution is -1.97. The number of benzene rings is 1. The van der Waals surface area contributed by atoms with Gasteiger partial charge < -0.3 is 4.74 Å². The van der Waals surface area contributed by atoms with Crippen molar-refractivity contribution in [3.63, 3.8) is 0 Å². The summed E-state index contributed by atoms with van der Waals surface area (Å²) in [7, 11) is 0. The van der Waals surface area contributed by atoms with Crippen LogP contribution in [-0.4, -0.2) is 11.5 Å². The average Bonchev–Trinajstić information content (AvgIpc) is 2.30. The standard InChI is InChI=1S/C14H17NO3/c1-11(2)8-9-18-14-7-5-4-6-13(14)10-12(3)15(16)17/h4-8,10H,9H2,1-3H3/b12-10+. The fourth-order valence-electron chi connectivity index (χ4n) is 1.31. The first-order chi connectivity index (χ1) is 8.50. The highest BCUT2D eigenvalue weighted by atomic mass is 16.6. The maximum absolute atomic E-state index is 10.6. The molecule has 0 aliphatic carbocycles. The average molecular weight is 247 g/mol. The van der Waals surface area contributed by atoms with Crippen LogP contribution in [0.1, 0.15) is 26.3 Å². The molecule has 4 nitrogen and oxygen atoms in total. The van der Waals surface area contributed by atoms with Crippen LogP contribution in [0.2, 0.25) is 0 Å². The van der Waals surface area contributed by atoms with Crippen LogP contribution in [0.5, 0.6) is 5.75 Å². The molecule has 96 valence electrons. The lowest BCUT2D eigenvalue weighted by molar-refractivity contribution is -0.422. The largest absolute Gasteiger partial charge is 0.489 e. The van der Waals surface area contributed by atoms with Crippen LogP contribution in [0.15, 0.2) is 41.6 Å². The Labute approximate surface area is 107 Å². The van der Waals surface area contributed by atoms with Gasteiger partial charge in [-0.15, -0.1) is 0 Å². The molecule has 0 radical (unpaired) electrons. The van der Waals surface area contributed by atoms with Gasteiger partial charge in [0.2, 0.25) is 5.70 Å². The number of ether oxygens (including phenoxy) is 1. The van der Waals surface area contributed by atoms with Gasteiger partial charge in [-0.3, -0.25) is 10.1 Å². The van der Waals surface area contributed by atoms with E-state index < -0.39 is 4.92 Å². The lowest BCUT2D eigenvalue weighted by atomic mass is 10.2. The van der Waals surface area contributed by atoms with Crippen LogP contribution in [0.25, 0.3) is 6.08 Å². The van der Waals surface area contributed by atoms with E-state index in [4.69, 9.17) is 4.74 Å². The van der Waals surface area contributed by atoms with Gasteiger partial charge in [0.15, 0.2) is 0 Å². The summed E-state index contributed by atoms with van der Waals surface area (Å²) in [5.41, 5.74) is 1.98. The van der Waals surface area contributed by atoms with Crippen molar-refractivity contribution in [2.45, 2.75) is 20.8 Å². The van der Waals surface area contributed by atoms with Crippen LogP contribution in [0.4, 0.5) is 0 Å². The summed E-state index contributed by atoms with van der Waals surface area (Å²) in [5.74, 6) is 0.649. The molecule has 0 amide bonds. The van der Waals surface area contributed by atoms with Crippen LogP contribution in [-0.2, 0) is 0 Å². The van der Waals surface area contributed by atoms with E-state index in [9.17, 15) is 10.1 Å². The molecule has 4 heteroatoms. The SMILES string of the molecule is CC(C)=CCOc1ccccc1/C=C(\C)[N+](=O)[O-]. The summed E-state index contributed by atoms with van der Waals surface area (Å²) < 4.78 is 5.59. The van der Waals surface area contributed by atoms with E-state index in [1.807, 2.05) is 32.1 Å². The molecule has 0 aromatic heterocycles. The smallest absolute Gasteiger partial charge is 0.243 e. The third-order valence-electron chi connectivity index (χ3n) is 2.30. The Kier molecular flexibility index (Phi) is 5.11. The molecule has 0 fully saturated rings. The zero-order chi connectivity index (χ0) is 13.5. The number of nitro groups is 1. The summed E-state index contributed by atoms with van der Waals surface area (Å²) >= 11 is 0. The molecule has 0 bridgehead atoms. The minimum atomic E-state index is -0.410. The highest BCUT2D eigenvalue weighted by Crippen LogP contribution is 2.21. The first kappa shape index (κ1) is 14.0. The fraction of sp³-hybridized carbons (Fsp3) is 0.286. The van der Waals surface area contributed by atoms with Crippen molar-refractivity contribution in [2.75, 3.05) is 6.61 Å². The van der Waals surface area contributed by atoms with Crippen LogP contribution >= 0.6 is 0 Å². The summed E-state index contributed by atoms with van der Waals surface area (Å²) in [6.07, 6.45) is 3.47. The van der Waals surface area contributed by atoms with Crippen LogP contribution < -0.4 is 4.74 Å². The summed E-state index contributed by atoms with van der Waals surface area (Å²) in [6, 6.07) is 7.27. The number of hydrogen-bond acceptors (Lipinski definition) is 3. The van der Waals surface area contributed by atoms with Gasteiger partial charge in [-0.2, -0.15) is 0 Å². The van der Waals surface area contributed by atoms with E-state index in [0.717, 1.165) is 0 Å². The second-order valence-corrected chi connectivity index (χ2v) is 4.17. The molecule has 0 saturated carbocycles. The number of nitrogens with zero attached hydrogens (tertiary/aromatic N) is 1. The number of hydrogen-bond donors (Lipinski definition) is 0. The molecule has 0 N–H and O–H groups in total. The first-order valence-corrected chi connectivity index (χ1v) is 5.68. The minimum Gasteiger partial charge on any atom is -0.489 e. The van der Waals surface area contributed by atoms with Crippen LogP contribution in [0, 0.1) is 10.1 Å². The Bertz CT molecular complexity index is 486. The molecule has 0 unspecified atom stereocenters. The zero-order valence-electron chi connectivity index (χ0n) is 10.8. The van der Waals surface area contributed by atoms with Gasteiger partial charge in [0.25, 0.3) is 0 Å². The third kappa shape index (κ3) is 4.41. The van der Waals surface area contributed by atoms with Gasteiger partial charge in [0.05, 0.1) is 4.92 Å². The number of rotatable bonds is 5. The monoisotopic (exact) mass is 247 g/mol. The van der Waals surface area contributed by atoms with Crippen molar-refractivity contribution in [3.8, 4) is 5.75 Å². The van der Waals surface area contributed by atoms with Gasteiger partial charge in [0.1, 0.15) is 12.4 Å². The van der Waals surface area contributed by atoms with Crippen molar-refractivity contribution >= 4 is 6.08 Å². The van der Waals surface area contributed by atoms with E-state index >= 15 is 0 Å². The summed E-state index contributed by atoms with van der Waals surface area (Å²) in [4.78, 5) is 10.2. The molecule has 0 heterocycles. The van der Waals surface area contributed by atoms with E-state index in [1.54, 1.807) is 12.1 Å². The quantitative estimate of drug-likeness (QED) is 0.453. The molecule has 0 aliphatic heterocycles. The predicted molar refractivity (Wildman–Crippen MR) is 72.0 cm³/mol. The van der Waals surface area contributed by atoms with Gasteiger partial charge in [-0.05, 0) is 26.0 Å². The molecule has 0 spiro atoms. The summed E-state index contributed by atoms with van der Waals surface area (Å²) in [6.45, 7) is 5.91. The van der Waals surface area contributed by atoms with Gasteiger partial charge in [0, 0.05) is 18.6 Å². The molecule has 0 saturated heterocycles. The maximum Gasteiger partial charge on any atom is 0.243 e. The molecule has 1 aromatic rings. The maximum atomic E-state index is 10.6. The number of allylic oxidation sites excluding steroid dienone is 2. The second-order valence-electron chi connectivity index (χ2n) is 4.17. The normalized spacial score (nSPS) is 10.9. The number of para-hydroxylation sites is 1. The molecule has 1 rings (SSSR count). The van der Waals surface area contributed by atoms with Crippen molar-refractivity contribution in [3.05, 3.63) is 57.3 Å². The highest BCUT2D eigenvalue weighted by molar-refractivity contribution is 5.58. The topological polar surface area (TPSA) is 52.4 Å². The highest BCUT2D eigenvalue weighted by Gasteiger charge is 2.06. The lowest BCUT2D eigenvalue weighted by Gasteiger charge is -2.07. The Hall–Kier alpha value is -2.10. The zero-order valence-corrected chi connectivity index (χ0v) is 10.8. The van der Waals surface area contributed by atoms with Crippen molar-refractivity contribution in [2.24, 2.45) is 0 Å². The summed E-state index contributed by atoms with van der Waals surface area (Å²) in [5, 5.41) is 10.6. The van der Waals surface area contributed by atoms with Crippen molar-refractivity contribution in [1.29, 1.82) is 0 Å². The first-order valence-electron chi connectivity index (χ1n) is 5.68. The van der Waals surface area contributed by atoms with Crippen molar-refractivity contribution < 1.29 is 9.66 Å². The molecule has 18 heavy (non-hydrogen) atoms. The van der Waals surface area contributed by atoms with E-state index in [-0.39, 0.29) is 5.70 Å². The Morgan fingerprint density at radius 3 is 2.61 bits per heavy atom. The van der Waals surface area contributed by atoms with Crippen molar-refractivity contribution in [1.82, 2.24) is 0 Å². The van der Waals surface area contributed by atoms with Gasteiger partial charge in [-0.25, -0.2) is 0 Å². The Morgan fingerprint density at radius 2 is 2.00 bits per heavy atom. The molecule has 1 aromatic carbocycles. The van der Waals surface area contributed by atoms with Gasteiger partial charge in [-0.1, -0.05) is 23.8 Å². The Balaban J connectivity index is 2.89. The van der Waals surface area contributed by atoms with Crippen LogP contribution in [0.3, 0.4) is 0 Å². The fourth-order valence-corrected chi connectivity index (χ4v) is 1.31. The van der Waals surface area contributed by atoms with E-state index in [1.165, 1.54) is 18.6 Å². The Morgan fingerprint density at radius 1 is 1.33 bits per heavy atom. The molecule has 0 aliphatic rings. The van der Waals surface area contributed by atoms with Gasteiger partial charge >= 0.3 is 0 Å².